The Bertz CT molecular complexity index is 1060. The van der Waals surface area contributed by atoms with Crippen LogP contribution in [0.4, 0.5) is 5.69 Å². The molecular weight excluding hydrogens is 390 g/mol. The number of carbonyl (C=O) groups is 1. The smallest absolute Gasteiger partial charge is 0.162 e. The maximum absolute atomic E-state index is 13.3. The number of nitrogens with zero attached hydrogens (tertiary/aromatic N) is 2. The zero-order valence-corrected chi connectivity index (χ0v) is 17.3. The van der Waals surface area contributed by atoms with E-state index in [1.165, 1.54) is 0 Å². The van der Waals surface area contributed by atoms with Crippen molar-refractivity contribution < 1.29 is 4.79 Å². The summed E-state index contributed by atoms with van der Waals surface area (Å²) >= 11 is 7.76. The quantitative estimate of drug-likeness (QED) is 0.726. The molecule has 2 N–H and O–H groups in total. The van der Waals surface area contributed by atoms with Gasteiger partial charge in [0, 0.05) is 33.3 Å². The molecule has 0 saturated carbocycles. The lowest BCUT2D eigenvalue weighted by atomic mass is 9.69. The van der Waals surface area contributed by atoms with Crippen molar-refractivity contribution in [1.82, 2.24) is 0 Å². The fraction of sp³-hybridized carbons (Fsp3) is 0.273. The van der Waals surface area contributed by atoms with Crippen molar-refractivity contribution in [3.63, 3.8) is 0 Å². The van der Waals surface area contributed by atoms with Crippen LogP contribution in [0.2, 0.25) is 5.02 Å². The first-order chi connectivity index (χ1) is 13.3. The van der Waals surface area contributed by atoms with Gasteiger partial charge in [-0.3, -0.25) is 9.69 Å². The average molecular weight is 410 g/mol. The summed E-state index contributed by atoms with van der Waals surface area (Å²) in [5, 5.41) is 12.5. The third kappa shape index (κ3) is 3.03. The molecule has 1 aliphatic heterocycles. The van der Waals surface area contributed by atoms with Crippen LogP contribution in [0.5, 0.6) is 0 Å². The van der Waals surface area contributed by atoms with Gasteiger partial charge in [0.25, 0.3) is 0 Å². The highest BCUT2D eigenvalue weighted by atomic mass is 35.5. The summed E-state index contributed by atoms with van der Waals surface area (Å²) in [5.74, 6) is 0.0448. The Labute approximate surface area is 173 Å². The Morgan fingerprint density at radius 3 is 2.71 bits per heavy atom. The molecule has 0 unspecified atom stereocenters. The van der Waals surface area contributed by atoms with Gasteiger partial charge in [0.05, 0.1) is 17.6 Å². The van der Waals surface area contributed by atoms with Gasteiger partial charge in [-0.2, -0.15) is 5.26 Å². The number of thiophene rings is 1. The van der Waals surface area contributed by atoms with Crippen molar-refractivity contribution in [2.45, 2.75) is 32.6 Å². The van der Waals surface area contributed by atoms with Crippen LogP contribution in [-0.4, -0.2) is 5.78 Å². The van der Waals surface area contributed by atoms with Gasteiger partial charge < -0.3 is 5.73 Å². The van der Waals surface area contributed by atoms with Crippen LogP contribution in [0.15, 0.2) is 64.4 Å². The summed E-state index contributed by atoms with van der Waals surface area (Å²) in [6.07, 6.45) is 1.15. The minimum absolute atomic E-state index is 0.0805. The van der Waals surface area contributed by atoms with Gasteiger partial charge in [0.1, 0.15) is 5.82 Å². The van der Waals surface area contributed by atoms with Crippen LogP contribution in [-0.2, 0) is 4.79 Å². The molecule has 0 saturated heterocycles. The third-order valence-corrected chi connectivity index (χ3v) is 6.45. The average Bonchev–Trinajstić information content (AvgIpc) is 3.14. The van der Waals surface area contributed by atoms with Crippen molar-refractivity contribution in [3.8, 4) is 6.07 Å². The molecule has 4 nitrogen and oxygen atoms in total. The lowest BCUT2D eigenvalue weighted by Crippen LogP contribution is -2.42. The molecule has 0 fully saturated rings. The number of allylic oxidation sites excluding steroid dienone is 3. The van der Waals surface area contributed by atoms with E-state index in [-0.39, 0.29) is 11.2 Å². The summed E-state index contributed by atoms with van der Waals surface area (Å²) in [7, 11) is 0. The van der Waals surface area contributed by atoms with E-state index in [0.717, 1.165) is 16.3 Å². The first-order valence-electron chi connectivity index (χ1n) is 9.07. The minimum atomic E-state index is -0.404. The lowest BCUT2D eigenvalue weighted by molar-refractivity contribution is -0.118. The van der Waals surface area contributed by atoms with Crippen molar-refractivity contribution in [1.29, 1.82) is 5.26 Å². The Kier molecular flexibility index (Phi) is 4.57. The number of nitriles is 1. The van der Waals surface area contributed by atoms with Crippen molar-refractivity contribution in [2.75, 3.05) is 4.90 Å². The fourth-order valence-corrected chi connectivity index (χ4v) is 5.19. The van der Waals surface area contributed by atoms with Gasteiger partial charge in [0.15, 0.2) is 5.78 Å². The van der Waals surface area contributed by atoms with Crippen molar-refractivity contribution in [2.24, 2.45) is 11.1 Å². The van der Waals surface area contributed by atoms with E-state index in [2.05, 4.69) is 19.9 Å². The first-order valence-corrected chi connectivity index (χ1v) is 10.3. The monoisotopic (exact) mass is 409 g/mol. The van der Waals surface area contributed by atoms with E-state index >= 15 is 0 Å². The molecule has 28 heavy (non-hydrogen) atoms. The summed E-state index contributed by atoms with van der Waals surface area (Å²) in [4.78, 5) is 16.1. The molecule has 0 bridgehead atoms. The van der Waals surface area contributed by atoms with Crippen LogP contribution in [0.1, 0.15) is 37.5 Å². The lowest BCUT2D eigenvalue weighted by Gasteiger charge is -2.43. The maximum Gasteiger partial charge on any atom is 0.162 e. The van der Waals surface area contributed by atoms with Gasteiger partial charge in [0.2, 0.25) is 0 Å². The predicted octanol–water partition coefficient (Wildman–Crippen LogP) is 5.34. The van der Waals surface area contributed by atoms with Crippen LogP contribution < -0.4 is 10.6 Å². The fourth-order valence-electron chi connectivity index (χ4n) is 4.16. The normalized spacial score (nSPS) is 21.6. The molecule has 4 rings (SSSR count). The summed E-state index contributed by atoms with van der Waals surface area (Å²) in [5.41, 5.74) is 9.11. The number of nitrogens with two attached hydrogens (primary N) is 1. The molecule has 0 radical (unpaired) electrons. The Morgan fingerprint density at radius 2 is 2.07 bits per heavy atom. The Hall–Kier alpha value is -2.55. The minimum Gasteiger partial charge on any atom is -0.384 e. The van der Waals surface area contributed by atoms with Gasteiger partial charge >= 0.3 is 0 Å². The number of halogens is 1. The number of ketones is 1. The highest BCUT2D eigenvalue weighted by Crippen LogP contribution is 2.50. The number of benzene rings is 1. The summed E-state index contributed by atoms with van der Waals surface area (Å²) in [6, 6.07) is 13.5. The Morgan fingerprint density at radius 1 is 1.29 bits per heavy atom. The molecule has 2 heterocycles. The van der Waals surface area contributed by atoms with E-state index in [1.54, 1.807) is 17.4 Å². The number of carbonyl (C=O) groups excluding carboxylic acids is 1. The highest BCUT2D eigenvalue weighted by molar-refractivity contribution is 7.10. The molecule has 142 valence electrons. The number of hydrogen-bond donors (Lipinski definition) is 1. The Balaban J connectivity index is 2.00. The maximum atomic E-state index is 13.3. The van der Waals surface area contributed by atoms with Gasteiger partial charge in [-0.25, -0.2) is 0 Å². The number of anilines is 1. The molecule has 1 aromatic heterocycles. The second-order valence-electron chi connectivity index (χ2n) is 7.98. The highest BCUT2D eigenvalue weighted by Gasteiger charge is 2.44. The molecule has 0 amide bonds. The molecule has 1 atom stereocenters. The summed E-state index contributed by atoms with van der Waals surface area (Å²) < 4.78 is 0. The van der Waals surface area contributed by atoms with Crippen molar-refractivity contribution >= 4 is 34.4 Å². The van der Waals surface area contributed by atoms with E-state index in [4.69, 9.17) is 17.3 Å². The first kappa shape index (κ1) is 18.8. The molecule has 0 spiro atoms. The van der Waals surface area contributed by atoms with E-state index in [9.17, 15) is 10.1 Å². The molecule has 1 aromatic carbocycles. The number of Topliss-reactive ketones (excluding diaryl/α,β-unsaturated/α-hetero) is 1. The molecular formula is C22H20ClN3OS. The second kappa shape index (κ2) is 6.80. The van der Waals surface area contributed by atoms with Crippen LogP contribution in [0, 0.1) is 16.7 Å². The molecule has 2 aliphatic rings. The largest absolute Gasteiger partial charge is 0.384 e. The molecule has 2 aromatic rings. The van der Waals surface area contributed by atoms with E-state index in [1.807, 2.05) is 40.6 Å². The van der Waals surface area contributed by atoms with Crippen LogP contribution in [0.25, 0.3) is 0 Å². The predicted molar refractivity (Wildman–Crippen MR) is 113 cm³/mol. The summed E-state index contributed by atoms with van der Waals surface area (Å²) in [6.45, 7) is 4.18. The molecule has 6 heteroatoms. The molecule has 1 aliphatic carbocycles. The standard InChI is InChI=1S/C22H20ClN3OS/c1-22(2)10-16-20(17(27)11-22)19(18-7-4-8-28-18)15(12-24)21(25)26(16)14-6-3-5-13(23)9-14/h3-9,19H,10-11,25H2,1-2H3/t19-/m1/s1. The van der Waals surface area contributed by atoms with Crippen LogP contribution in [0.3, 0.4) is 0 Å². The third-order valence-electron chi connectivity index (χ3n) is 5.28. The van der Waals surface area contributed by atoms with Gasteiger partial charge in [-0.15, -0.1) is 11.3 Å². The van der Waals surface area contributed by atoms with E-state index in [0.29, 0.717) is 34.8 Å². The van der Waals surface area contributed by atoms with Crippen LogP contribution >= 0.6 is 22.9 Å². The second-order valence-corrected chi connectivity index (χ2v) is 9.39. The van der Waals surface area contributed by atoms with Gasteiger partial charge in [-0.05, 0) is 41.5 Å². The number of rotatable bonds is 2. The topological polar surface area (TPSA) is 70.1 Å². The SMILES string of the molecule is CC1(C)CC(=O)C2=C(C1)N(c1cccc(Cl)c1)C(N)=C(C#N)[C@@H]2c1cccs1. The van der Waals surface area contributed by atoms with Crippen molar-refractivity contribution in [3.05, 3.63) is 74.3 Å². The number of hydrogen-bond acceptors (Lipinski definition) is 5. The van der Waals surface area contributed by atoms with Gasteiger partial charge in [-0.1, -0.05) is 37.6 Å². The van der Waals surface area contributed by atoms with E-state index < -0.39 is 5.92 Å². The zero-order valence-electron chi connectivity index (χ0n) is 15.7. The zero-order chi connectivity index (χ0) is 20.1.